The lowest BCUT2D eigenvalue weighted by Gasteiger charge is -2.01. The summed E-state index contributed by atoms with van der Waals surface area (Å²) in [4.78, 5) is 0. The molecule has 1 aromatic carbocycles. The van der Waals surface area contributed by atoms with Gasteiger partial charge in [0, 0.05) is 5.56 Å². The minimum Gasteiger partial charge on any atom is -0.396 e. The van der Waals surface area contributed by atoms with Crippen molar-refractivity contribution in [1.82, 2.24) is 0 Å². The standard InChI is InChI=1S/C8H7F2N/c1-5(9)6-3-2-4-7(10)8(6)11/h2-4H,1,11H2. The normalized spacial score (nSPS) is 9.64. The van der Waals surface area contributed by atoms with E-state index in [1.54, 1.807) is 0 Å². The molecule has 0 saturated heterocycles. The molecule has 58 valence electrons. The van der Waals surface area contributed by atoms with Crippen molar-refractivity contribution < 1.29 is 8.78 Å². The second-order valence-corrected chi connectivity index (χ2v) is 2.11. The van der Waals surface area contributed by atoms with E-state index >= 15 is 0 Å². The number of hydrogen-bond acceptors (Lipinski definition) is 1. The lowest BCUT2D eigenvalue weighted by Crippen LogP contribution is -1.94. The highest BCUT2D eigenvalue weighted by molar-refractivity contribution is 5.69. The van der Waals surface area contributed by atoms with Gasteiger partial charge in [0.2, 0.25) is 0 Å². The summed E-state index contributed by atoms with van der Waals surface area (Å²) in [6, 6.07) is 3.92. The molecule has 0 aliphatic rings. The van der Waals surface area contributed by atoms with Crippen LogP contribution < -0.4 is 5.73 Å². The number of para-hydroxylation sites is 1. The van der Waals surface area contributed by atoms with Crippen LogP contribution in [0.3, 0.4) is 0 Å². The zero-order valence-electron chi connectivity index (χ0n) is 5.77. The summed E-state index contributed by atoms with van der Waals surface area (Å²) >= 11 is 0. The molecule has 0 saturated carbocycles. The van der Waals surface area contributed by atoms with Crippen molar-refractivity contribution in [2.75, 3.05) is 5.73 Å². The number of halogens is 2. The number of nitrogen functional groups attached to an aromatic ring is 1. The maximum absolute atomic E-state index is 12.6. The average molecular weight is 155 g/mol. The van der Waals surface area contributed by atoms with E-state index in [4.69, 9.17) is 5.73 Å². The quantitative estimate of drug-likeness (QED) is 0.619. The Morgan fingerprint density at radius 2 is 2.09 bits per heavy atom. The largest absolute Gasteiger partial charge is 0.396 e. The highest BCUT2D eigenvalue weighted by Gasteiger charge is 2.05. The van der Waals surface area contributed by atoms with Crippen LogP contribution in [0.2, 0.25) is 0 Å². The molecule has 0 fully saturated rings. The Bertz CT molecular complexity index is 294. The summed E-state index contributed by atoms with van der Waals surface area (Å²) in [7, 11) is 0. The Morgan fingerprint density at radius 3 is 2.55 bits per heavy atom. The molecule has 1 aromatic rings. The zero-order valence-corrected chi connectivity index (χ0v) is 5.77. The van der Waals surface area contributed by atoms with E-state index < -0.39 is 11.6 Å². The zero-order chi connectivity index (χ0) is 8.43. The van der Waals surface area contributed by atoms with Crippen molar-refractivity contribution in [3.05, 3.63) is 36.2 Å². The number of rotatable bonds is 1. The SMILES string of the molecule is C=C(F)c1cccc(F)c1N. The van der Waals surface area contributed by atoms with Crippen LogP contribution in [0.25, 0.3) is 5.83 Å². The molecule has 0 heterocycles. The number of anilines is 1. The first-order valence-corrected chi connectivity index (χ1v) is 3.01. The predicted molar refractivity (Wildman–Crippen MR) is 41.0 cm³/mol. The van der Waals surface area contributed by atoms with Gasteiger partial charge >= 0.3 is 0 Å². The topological polar surface area (TPSA) is 26.0 Å². The fourth-order valence-electron chi connectivity index (χ4n) is 0.774. The molecule has 0 unspecified atom stereocenters. The van der Waals surface area contributed by atoms with Crippen molar-refractivity contribution in [2.24, 2.45) is 0 Å². The van der Waals surface area contributed by atoms with E-state index in [-0.39, 0.29) is 11.3 Å². The summed E-state index contributed by atoms with van der Waals surface area (Å²) < 4.78 is 25.0. The summed E-state index contributed by atoms with van der Waals surface area (Å²) in [5.74, 6) is -1.34. The van der Waals surface area contributed by atoms with Gasteiger partial charge in [-0.2, -0.15) is 0 Å². The second-order valence-electron chi connectivity index (χ2n) is 2.11. The van der Waals surface area contributed by atoms with Crippen molar-refractivity contribution in [2.45, 2.75) is 0 Å². The smallest absolute Gasteiger partial charge is 0.146 e. The molecule has 0 radical (unpaired) electrons. The van der Waals surface area contributed by atoms with E-state index in [1.807, 2.05) is 0 Å². The van der Waals surface area contributed by atoms with E-state index in [0.29, 0.717) is 0 Å². The van der Waals surface area contributed by atoms with Gasteiger partial charge in [0.15, 0.2) is 0 Å². The van der Waals surface area contributed by atoms with Gasteiger partial charge < -0.3 is 5.73 Å². The third-order valence-corrected chi connectivity index (χ3v) is 1.35. The summed E-state index contributed by atoms with van der Waals surface area (Å²) in [6.07, 6.45) is 0. The van der Waals surface area contributed by atoms with Gasteiger partial charge in [-0.1, -0.05) is 12.6 Å². The molecule has 0 atom stereocenters. The predicted octanol–water partition coefficient (Wildman–Crippen LogP) is 2.35. The van der Waals surface area contributed by atoms with Crippen LogP contribution in [0.4, 0.5) is 14.5 Å². The van der Waals surface area contributed by atoms with Crippen molar-refractivity contribution in [3.8, 4) is 0 Å². The number of benzene rings is 1. The summed E-state index contributed by atoms with van der Waals surface area (Å²) in [5.41, 5.74) is 5.03. The Balaban J connectivity index is 3.27. The fraction of sp³-hybridized carbons (Fsp3) is 0. The molecule has 0 spiro atoms. The number of nitrogens with two attached hydrogens (primary N) is 1. The van der Waals surface area contributed by atoms with Crippen LogP contribution in [0.5, 0.6) is 0 Å². The van der Waals surface area contributed by atoms with Crippen molar-refractivity contribution in [3.63, 3.8) is 0 Å². The van der Waals surface area contributed by atoms with Gasteiger partial charge in [-0.15, -0.1) is 0 Å². The van der Waals surface area contributed by atoms with Gasteiger partial charge in [-0.3, -0.25) is 0 Å². The molecule has 1 rings (SSSR count). The molecule has 0 aliphatic heterocycles. The average Bonchev–Trinajstić information content (AvgIpc) is 1.94. The minimum atomic E-state index is -0.720. The molecule has 0 aliphatic carbocycles. The molecular weight excluding hydrogens is 148 g/mol. The molecule has 0 bridgehead atoms. The van der Waals surface area contributed by atoms with Gasteiger partial charge in [-0.05, 0) is 12.1 Å². The summed E-state index contributed by atoms with van der Waals surface area (Å²) in [6.45, 7) is 3.01. The van der Waals surface area contributed by atoms with E-state index in [1.165, 1.54) is 18.2 Å². The number of hydrogen-bond donors (Lipinski definition) is 1. The molecular formula is C8H7F2N. The van der Waals surface area contributed by atoms with Crippen molar-refractivity contribution >= 4 is 11.5 Å². The maximum Gasteiger partial charge on any atom is 0.146 e. The van der Waals surface area contributed by atoms with Gasteiger partial charge in [0.25, 0.3) is 0 Å². The van der Waals surface area contributed by atoms with Crippen LogP contribution in [-0.4, -0.2) is 0 Å². The van der Waals surface area contributed by atoms with Gasteiger partial charge in [0.05, 0.1) is 5.69 Å². The first-order chi connectivity index (χ1) is 5.13. The Hall–Kier alpha value is -1.38. The van der Waals surface area contributed by atoms with Gasteiger partial charge in [0.1, 0.15) is 11.6 Å². The van der Waals surface area contributed by atoms with E-state index in [0.717, 1.165) is 0 Å². The van der Waals surface area contributed by atoms with Crippen LogP contribution in [-0.2, 0) is 0 Å². The third-order valence-electron chi connectivity index (χ3n) is 1.35. The molecule has 1 nitrogen and oxygen atoms in total. The van der Waals surface area contributed by atoms with E-state index in [9.17, 15) is 8.78 Å². The molecule has 3 heteroatoms. The Morgan fingerprint density at radius 1 is 1.45 bits per heavy atom. The Labute approximate surface area is 63.1 Å². The molecule has 0 aromatic heterocycles. The molecule has 2 N–H and O–H groups in total. The highest BCUT2D eigenvalue weighted by atomic mass is 19.1. The second kappa shape index (κ2) is 2.70. The monoisotopic (exact) mass is 155 g/mol. The fourth-order valence-corrected chi connectivity index (χ4v) is 0.774. The first-order valence-electron chi connectivity index (χ1n) is 3.01. The highest BCUT2D eigenvalue weighted by Crippen LogP contribution is 2.22. The molecule has 11 heavy (non-hydrogen) atoms. The Kier molecular flexibility index (Phi) is 1.89. The molecule has 0 amide bonds. The van der Waals surface area contributed by atoms with Crippen LogP contribution in [0.15, 0.2) is 24.8 Å². The van der Waals surface area contributed by atoms with Crippen LogP contribution in [0.1, 0.15) is 5.56 Å². The van der Waals surface area contributed by atoms with Crippen molar-refractivity contribution in [1.29, 1.82) is 0 Å². The van der Waals surface area contributed by atoms with Gasteiger partial charge in [-0.25, -0.2) is 8.78 Å². The maximum atomic E-state index is 12.6. The third kappa shape index (κ3) is 1.37. The van der Waals surface area contributed by atoms with E-state index in [2.05, 4.69) is 6.58 Å². The lowest BCUT2D eigenvalue weighted by atomic mass is 10.1. The van der Waals surface area contributed by atoms with Crippen LogP contribution in [0, 0.1) is 5.82 Å². The van der Waals surface area contributed by atoms with Crippen LogP contribution >= 0.6 is 0 Å². The first kappa shape index (κ1) is 7.72. The minimum absolute atomic E-state index is 0.0185. The summed E-state index contributed by atoms with van der Waals surface area (Å²) in [5, 5.41) is 0. The lowest BCUT2D eigenvalue weighted by molar-refractivity contribution is 0.631.